The van der Waals surface area contributed by atoms with Crippen LogP contribution < -0.4 is 13.6 Å². The molecule has 0 bridgehead atoms. The average Bonchev–Trinajstić information content (AvgIpc) is 2.89. The van der Waals surface area contributed by atoms with E-state index in [4.69, 9.17) is 32.1 Å². The molecule has 6 nitrogen and oxygen atoms in total. The van der Waals surface area contributed by atoms with Crippen LogP contribution in [0.5, 0.6) is 17.2 Å². The first-order chi connectivity index (χ1) is 18.4. The Morgan fingerprint density at radius 3 is 1.87 bits per heavy atom. The Labute approximate surface area is 240 Å². The van der Waals surface area contributed by atoms with Gasteiger partial charge in [0, 0.05) is 11.6 Å². The van der Waals surface area contributed by atoms with Gasteiger partial charge in [-0.15, -0.1) is 0 Å². The zero-order chi connectivity index (χ0) is 27.6. The molecule has 0 aliphatic carbocycles. The molecule has 0 amide bonds. The summed E-state index contributed by atoms with van der Waals surface area (Å²) >= 11 is 9.81. The summed E-state index contributed by atoms with van der Waals surface area (Å²) in [6.07, 6.45) is 18.3. The van der Waals surface area contributed by atoms with E-state index < -0.39 is 11.3 Å². The number of hydrogen-bond donors (Lipinski definition) is 3. The first-order valence-electron chi connectivity index (χ1n) is 13.9. The fraction of sp³-hybridized carbons (Fsp3) is 0.586. The minimum atomic E-state index is -2.00. The first kappa shape index (κ1) is 32.5. The topological polar surface area (TPSA) is 88.0 Å². The number of hydrogen-bond acceptors (Lipinski definition) is 5. The second kappa shape index (κ2) is 19.4. The number of unbranched alkanes of at least 4 members (excludes halogenated alkanes) is 13. The van der Waals surface area contributed by atoms with Gasteiger partial charge in [-0.2, -0.15) is 4.21 Å². The molecule has 0 saturated heterocycles. The summed E-state index contributed by atoms with van der Waals surface area (Å²) in [7, 11) is 0. The lowest BCUT2D eigenvalue weighted by atomic mass is 10.0. The Balaban J connectivity index is 1.63. The molecule has 9 heteroatoms. The molecule has 38 heavy (non-hydrogen) atoms. The summed E-state index contributed by atoms with van der Waals surface area (Å²) in [5, 5.41) is 19.3. The molecule has 0 aliphatic heterocycles. The normalized spacial score (nSPS) is 11.9. The van der Waals surface area contributed by atoms with Crippen LogP contribution in [0.2, 0.25) is 10.0 Å². The van der Waals surface area contributed by atoms with Crippen LogP contribution in [0.25, 0.3) is 0 Å². The van der Waals surface area contributed by atoms with Crippen molar-refractivity contribution in [2.24, 2.45) is 0 Å². The molecule has 2 rings (SSSR count). The van der Waals surface area contributed by atoms with Crippen molar-refractivity contribution in [2.75, 3.05) is 11.3 Å². The molecule has 0 saturated carbocycles. The van der Waals surface area contributed by atoms with Gasteiger partial charge < -0.3 is 19.1 Å². The summed E-state index contributed by atoms with van der Waals surface area (Å²) in [6, 6.07) is 7.82. The molecule has 0 fully saturated rings. The van der Waals surface area contributed by atoms with Crippen molar-refractivity contribution in [2.45, 2.75) is 103 Å². The van der Waals surface area contributed by atoms with E-state index in [1.165, 1.54) is 89.2 Å². The second-order valence-corrected chi connectivity index (χ2v) is 11.2. The van der Waals surface area contributed by atoms with Crippen LogP contribution in [0.3, 0.4) is 0 Å². The van der Waals surface area contributed by atoms with Crippen molar-refractivity contribution < 1.29 is 23.3 Å². The third-order valence-electron chi connectivity index (χ3n) is 6.36. The van der Waals surface area contributed by atoms with Crippen LogP contribution in [0.4, 0.5) is 5.69 Å². The van der Waals surface area contributed by atoms with Gasteiger partial charge in [0.25, 0.3) is 0 Å². The SMILES string of the molecule is CCCCCCCCCCCCCCCCOc1ccc(CO)c(OS(=O)Nc2cc(Cl)c(O)c(Cl)c2)c1. The zero-order valence-electron chi connectivity index (χ0n) is 22.5. The quantitative estimate of drug-likeness (QED) is 0.1000. The van der Waals surface area contributed by atoms with Crippen LogP contribution >= 0.6 is 23.2 Å². The van der Waals surface area contributed by atoms with Crippen molar-refractivity contribution in [3.63, 3.8) is 0 Å². The molecule has 214 valence electrons. The number of phenolic OH excluding ortho intramolecular Hbond substituents is 1. The van der Waals surface area contributed by atoms with Crippen molar-refractivity contribution >= 4 is 40.2 Å². The molecular formula is C29H43Cl2NO5S. The van der Waals surface area contributed by atoms with Crippen molar-refractivity contribution in [1.82, 2.24) is 0 Å². The van der Waals surface area contributed by atoms with E-state index >= 15 is 0 Å². The molecule has 0 aromatic heterocycles. The van der Waals surface area contributed by atoms with Crippen LogP contribution in [0, 0.1) is 0 Å². The number of benzene rings is 2. The molecule has 0 radical (unpaired) electrons. The predicted octanol–water partition coefficient (Wildman–Crippen LogP) is 9.12. The van der Waals surface area contributed by atoms with E-state index in [1.54, 1.807) is 18.2 Å². The Morgan fingerprint density at radius 2 is 1.34 bits per heavy atom. The van der Waals surface area contributed by atoms with Crippen LogP contribution in [0.1, 0.15) is 102 Å². The van der Waals surface area contributed by atoms with Gasteiger partial charge in [-0.25, -0.2) is 0 Å². The van der Waals surface area contributed by atoms with E-state index in [9.17, 15) is 14.4 Å². The molecule has 0 heterocycles. The van der Waals surface area contributed by atoms with Crippen molar-refractivity contribution in [1.29, 1.82) is 0 Å². The maximum atomic E-state index is 12.5. The van der Waals surface area contributed by atoms with Gasteiger partial charge in [-0.1, -0.05) is 114 Å². The number of anilines is 1. The molecule has 2 aromatic carbocycles. The second-order valence-electron chi connectivity index (χ2n) is 9.58. The number of halogens is 2. The maximum absolute atomic E-state index is 12.5. The Kier molecular flexibility index (Phi) is 16.6. The third-order valence-corrected chi connectivity index (χ3v) is 7.67. The van der Waals surface area contributed by atoms with Gasteiger partial charge in [-0.05, 0) is 30.7 Å². The standard InChI is InChI=1S/C29H43Cl2NO5S/c1-2-3-4-5-6-7-8-9-10-11-12-13-14-15-18-36-25-17-16-23(22-33)28(21-25)37-38(35)32-24-19-26(30)29(34)27(31)20-24/h16-17,19-21,32-34H,2-15,18,22H2,1H3. The highest BCUT2D eigenvalue weighted by atomic mass is 35.5. The van der Waals surface area contributed by atoms with Crippen LogP contribution in [0.15, 0.2) is 30.3 Å². The molecule has 1 atom stereocenters. The number of phenols is 1. The molecule has 1 unspecified atom stereocenters. The lowest BCUT2D eigenvalue weighted by Gasteiger charge is -2.13. The monoisotopic (exact) mass is 587 g/mol. The van der Waals surface area contributed by atoms with Gasteiger partial charge in [0.2, 0.25) is 0 Å². The average molecular weight is 589 g/mol. The van der Waals surface area contributed by atoms with E-state index in [0.717, 1.165) is 12.8 Å². The smallest absolute Gasteiger partial charge is 0.316 e. The van der Waals surface area contributed by atoms with Gasteiger partial charge in [-0.3, -0.25) is 4.72 Å². The fourth-order valence-corrected chi connectivity index (χ4v) is 5.30. The Hall–Kier alpha value is -1.67. The van der Waals surface area contributed by atoms with E-state index in [0.29, 0.717) is 23.6 Å². The van der Waals surface area contributed by atoms with E-state index in [-0.39, 0.29) is 28.2 Å². The largest absolute Gasteiger partial charge is 0.505 e. The number of ether oxygens (including phenoxy) is 1. The summed E-state index contributed by atoms with van der Waals surface area (Å²) < 4.78 is 26.4. The zero-order valence-corrected chi connectivity index (χ0v) is 24.8. The highest BCUT2D eigenvalue weighted by Gasteiger charge is 2.13. The van der Waals surface area contributed by atoms with Crippen molar-refractivity contribution in [3.8, 4) is 17.2 Å². The predicted molar refractivity (Wildman–Crippen MR) is 159 cm³/mol. The van der Waals surface area contributed by atoms with Crippen molar-refractivity contribution in [3.05, 3.63) is 45.9 Å². The van der Waals surface area contributed by atoms with E-state index in [1.807, 2.05) is 0 Å². The number of aromatic hydroxyl groups is 1. The lowest BCUT2D eigenvalue weighted by molar-refractivity contribution is 0.277. The Morgan fingerprint density at radius 1 is 0.816 bits per heavy atom. The minimum Gasteiger partial charge on any atom is -0.505 e. The van der Waals surface area contributed by atoms with Crippen LogP contribution in [-0.4, -0.2) is 21.0 Å². The number of aliphatic hydroxyl groups excluding tert-OH is 1. The lowest BCUT2D eigenvalue weighted by Crippen LogP contribution is -2.12. The maximum Gasteiger partial charge on any atom is 0.316 e. The third kappa shape index (κ3) is 12.9. The number of rotatable bonds is 21. The molecule has 3 N–H and O–H groups in total. The van der Waals surface area contributed by atoms with Gasteiger partial charge in [0.1, 0.15) is 5.75 Å². The van der Waals surface area contributed by atoms with Gasteiger partial charge in [0.05, 0.1) is 28.9 Å². The molecular weight excluding hydrogens is 545 g/mol. The summed E-state index contributed by atoms with van der Waals surface area (Å²) in [5.41, 5.74) is 0.789. The highest BCUT2D eigenvalue weighted by Crippen LogP contribution is 2.35. The van der Waals surface area contributed by atoms with E-state index in [2.05, 4.69) is 11.6 Å². The highest BCUT2D eigenvalue weighted by molar-refractivity contribution is 7.82. The molecule has 0 spiro atoms. The first-order valence-corrected chi connectivity index (χ1v) is 15.7. The summed E-state index contributed by atoms with van der Waals surface area (Å²) in [4.78, 5) is 0. The minimum absolute atomic E-state index is 0.0203. The van der Waals surface area contributed by atoms with Crippen LogP contribution in [-0.2, 0) is 17.9 Å². The summed E-state index contributed by atoms with van der Waals surface area (Å²) in [6.45, 7) is 2.57. The van der Waals surface area contributed by atoms with Gasteiger partial charge >= 0.3 is 11.3 Å². The summed E-state index contributed by atoms with van der Waals surface area (Å²) in [5.74, 6) is 0.573. The molecule has 0 aliphatic rings. The number of nitrogens with one attached hydrogen (secondary N) is 1. The number of aliphatic hydroxyl groups is 1. The van der Waals surface area contributed by atoms with Gasteiger partial charge in [0.15, 0.2) is 11.5 Å². The Bertz CT molecular complexity index is 953. The fourth-order valence-electron chi connectivity index (χ4n) is 4.14. The molecule has 2 aromatic rings.